The summed E-state index contributed by atoms with van der Waals surface area (Å²) < 4.78 is 4.70. The molecule has 0 aliphatic rings. The lowest BCUT2D eigenvalue weighted by Crippen LogP contribution is -2.52. The molecule has 15 heavy (non-hydrogen) atoms. The van der Waals surface area contributed by atoms with Crippen molar-refractivity contribution in [2.24, 2.45) is 11.3 Å². The van der Waals surface area contributed by atoms with Gasteiger partial charge in [0.15, 0.2) is 0 Å². The summed E-state index contributed by atoms with van der Waals surface area (Å²) >= 11 is 0. The van der Waals surface area contributed by atoms with Crippen LogP contribution < -0.4 is 5.32 Å². The van der Waals surface area contributed by atoms with Gasteiger partial charge in [0.25, 0.3) is 0 Å². The molecule has 1 amide bonds. The summed E-state index contributed by atoms with van der Waals surface area (Å²) in [6.45, 7) is 9.30. The molecule has 0 rings (SSSR count). The topological polar surface area (TPSA) is 55.4 Å². The molecule has 0 aromatic rings. The Morgan fingerprint density at radius 1 is 1.27 bits per heavy atom. The quantitative estimate of drug-likeness (QED) is 0.720. The zero-order valence-electron chi connectivity index (χ0n) is 10.4. The molecule has 0 fully saturated rings. The summed E-state index contributed by atoms with van der Waals surface area (Å²) in [5, 5.41) is 2.64. The average molecular weight is 215 g/mol. The van der Waals surface area contributed by atoms with E-state index in [0.717, 1.165) is 0 Å². The number of carbonyl (C=O) groups excluding carboxylic acids is 2. The molecule has 88 valence electrons. The van der Waals surface area contributed by atoms with Crippen molar-refractivity contribution in [2.75, 3.05) is 7.11 Å². The van der Waals surface area contributed by atoms with Crippen LogP contribution >= 0.6 is 0 Å². The molecule has 0 aromatic carbocycles. The highest BCUT2D eigenvalue weighted by Crippen LogP contribution is 2.30. The van der Waals surface area contributed by atoms with Crippen molar-refractivity contribution in [3.05, 3.63) is 0 Å². The van der Waals surface area contributed by atoms with Crippen molar-refractivity contribution >= 4 is 11.9 Å². The predicted octanol–water partition coefficient (Wildman–Crippen LogP) is 1.35. The van der Waals surface area contributed by atoms with Crippen LogP contribution in [-0.4, -0.2) is 25.0 Å². The Labute approximate surface area is 91.4 Å². The Bertz CT molecular complexity index is 246. The molecule has 0 aromatic heterocycles. The first-order chi connectivity index (χ1) is 6.73. The van der Waals surface area contributed by atoms with Gasteiger partial charge in [-0.05, 0) is 11.3 Å². The Morgan fingerprint density at radius 3 is 2.00 bits per heavy atom. The Kier molecular flexibility index (Phi) is 4.78. The van der Waals surface area contributed by atoms with Gasteiger partial charge in [0.1, 0.15) is 6.04 Å². The molecule has 0 bridgehead atoms. The molecule has 0 aliphatic carbocycles. The summed E-state index contributed by atoms with van der Waals surface area (Å²) in [5.41, 5.74) is -0.335. The number of carbonyl (C=O) groups is 2. The summed E-state index contributed by atoms with van der Waals surface area (Å²) in [4.78, 5) is 22.6. The molecule has 1 atom stereocenters. The van der Waals surface area contributed by atoms with Crippen LogP contribution in [0, 0.1) is 11.3 Å². The maximum Gasteiger partial charge on any atom is 0.328 e. The lowest BCUT2D eigenvalue weighted by molar-refractivity contribution is -0.149. The summed E-state index contributed by atoms with van der Waals surface area (Å²) in [5.74, 6) is -0.364. The van der Waals surface area contributed by atoms with Crippen LogP contribution in [0.15, 0.2) is 0 Å². The zero-order chi connectivity index (χ0) is 12.2. The maximum atomic E-state index is 11.6. The first kappa shape index (κ1) is 13.9. The van der Waals surface area contributed by atoms with E-state index in [1.807, 2.05) is 27.7 Å². The molecule has 4 nitrogen and oxygen atoms in total. The molecule has 4 heteroatoms. The van der Waals surface area contributed by atoms with Crippen LogP contribution in [0.1, 0.15) is 34.6 Å². The van der Waals surface area contributed by atoms with E-state index >= 15 is 0 Å². The average Bonchev–Trinajstić information content (AvgIpc) is 2.12. The molecular formula is C11H21NO3. The van der Waals surface area contributed by atoms with Gasteiger partial charge in [-0.1, -0.05) is 27.7 Å². The number of esters is 1. The van der Waals surface area contributed by atoms with Crippen LogP contribution in [0.2, 0.25) is 0 Å². The Hall–Kier alpha value is -1.06. The van der Waals surface area contributed by atoms with Crippen LogP contribution in [0.5, 0.6) is 0 Å². The first-order valence-electron chi connectivity index (χ1n) is 5.08. The molecule has 0 aliphatic heterocycles. The molecule has 0 saturated heterocycles. The fourth-order valence-electron chi connectivity index (χ4n) is 1.20. The lowest BCUT2D eigenvalue weighted by Gasteiger charge is -2.36. The second-order valence-corrected chi connectivity index (χ2v) is 4.63. The number of ether oxygens (including phenoxy) is 1. The fourth-order valence-corrected chi connectivity index (χ4v) is 1.20. The van der Waals surface area contributed by atoms with Gasteiger partial charge in [0, 0.05) is 6.92 Å². The molecule has 0 radical (unpaired) electrons. The first-order valence-corrected chi connectivity index (χ1v) is 5.08. The summed E-state index contributed by atoms with van der Waals surface area (Å²) in [6, 6.07) is -0.597. The minimum atomic E-state index is -0.597. The second kappa shape index (κ2) is 5.14. The molecule has 0 spiro atoms. The molecule has 1 N–H and O–H groups in total. The summed E-state index contributed by atoms with van der Waals surface area (Å²) in [7, 11) is 1.33. The fraction of sp³-hybridized carbons (Fsp3) is 0.818. The number of nitrogens with one attached hydrogen (secondary N) is 1. The highest BCUT2D eigenvalue weighted by molar-refractivity contribution is 5.83. The number of hydrogen-bond acceptors (Lipinski definition) is 3. The van der Waals surface area contributed by atoms with E-state index in [1.165, 1.54) is 14.0 Å². The van der Waals surface area contributed by atoms with E-state index in [-0.39, 0.29) is 17.2 Å². The Morgan fingerprint density at radius 2 is 1.73 bits per heavy atom. The second-order valence-electron chi connectivity index (χ2n) is 4.63. The van der Waals surface area contributed by atoms with Gasteiger partial charge in [0.2, 0.25) is 5.91 Å². The normalized spacial score (nSPS) is 13.5. The lowest BCUT2D eigenvalue weighted by atomic mass is 9.74. The molecule has 0 saturated carbocycles. The highest BCUT2D eigenvalue weighted by atomic mass is 16.5. The minimum Gasteiger partial charge on any atom is -0.467 e. The van der Waals surface area contributed by atoms with Gasteiger partial charge >= 0.3 is 5.97 Å². The number of rotatable bonds is 4. The molecular weight excluding hydrogens is 194 g/mol. The number of amides is 1. The highest BCUT2D eigenvalue weighted by Gasteiger charge is 2.38. The summed E-state index contributed by atoms with van der Waals surface area (Å²) in [6.07, 6.45) is 0. The molecule has 0 heterocycles. The number of hydrogen-bond donors (Lipinski definition) is 1. The van der Waals surface area contributed by atoms with Crippen molar-refractivity contribution in [2.45, 2.75) is 40.7 Å². The van der Waals surface area contributed by atoms with Crippen LogP contribution in [-0.2, 0) is 14.3 Å². The van der Waals surface area contributed by atoms with E-state index in [0.29, 0.717) is 0 Å². The van der Waals surface area contributed by atoms with Gasteiger partial charge < -0.3 is 10.1 Å². The SMILES string of the molecule is COC(=O)C(NC(C)=O)C(C)(C)C(C)C. The zero-order valence-corrected chi connectivity index (χ0v) is 10.4. The van der Waals surface area contributed by atoms with E-state index in [2.05, 4.69) is 5.32 Å². The van der Waals surface area contributed by atoms with Crippen molar-refractivity contribution in [1.82, 2.24) is 5.32 Å². The van der Waals surface area contributed by atoms with Gasteiger partial charge in [-0.2, -0.15) is 0 Å². The number of methoxy groups -OCH3 is 1. The van der Waals surface area contributed by atoms with Crippen molar-refractivity contribution < 1.29 is 14.3 Å². The minimum absolute atomic E-state index is 0.223. The van der Waals surface area contributed by atoms with Gasteiger partial charge in [-0.3, -0.25) is 4.79 Å². The smallest absolute Gasteiger partial charge is 0.328 e. The van der Waals surface area contributed by atoms with Crippen LogP contribution in [0.3, 0.4) is 0 Å². The van der Waals surface area contributed by atoms with Crippen LogP contribution in [0.4, 0.5) is 0 Å². The third-order valence-electron chi connectivity index (χ3n) is 3.02. The van der Waals surface area contributed by atoms with Gasteiger partial charge in [-0.25, -0.2) is 4.79 Å². The van der Waals surface area contributed by atoms with Crippen LogP contribution in [0.25, 0.3) is 0 Å². The third kappa shape index (κ3) is 3.53. The molecule has 1 unspecified atom stereocenters. The van der Waals surface area contributed by atoms with Gasteiger partial charge in [-0.15, -0.1) is 0 Å². The van der Waals surface area contributed by atoms with Crippen molar-refractivity contribution in [3.63, 3.8) is 0 Å². The van der Waals surface area contributed by atoms with Crippen molar-refractivity contribution in [1.29, 1.82) is 0 Å². The van der Waals surface area contributed by atoms with E-state index in [4.69, 9.17) is 4.74 Å². The maximum absolute atomic E-state index is 11.6. The standard InChI is InChI=1S/C11H21NO3/c1-7(2)11(4,5)9(10(14)15-6)12-8(3)13/h7,9H,1-6H3,(H,12,13). The van der Waals surface area contributed by atoms with Crippen molar-refractivity contribution in [3.8, 4) is 0 Å². The monoisotopic (exact) mass is 215 g/mol. The van der Waals surface area contributed by atoms with E-state index < -0.39 is 12.0 Å². The predicted molar refractivity (Wildman–Crippen MR) is 58.2 cm³/mol. The van der Waals surface area contributed by atoms with E-state index in [9.17, 15) is 9.59 Å². The third-order valence-corrected chi connectivity index (χ3v) is 3.02. The van der Waals surface area contributed by atoms with Gasteiger partial charge in [0.05, 0.1) is 7.11 Å². The Balaban J connectivity index is 4.92. The largest absolute Gasteiger partial charge is 0.467 e. The van der Waals surface area contributed by atoms with E-state index in [1.54, 1.807) is 0 Å².